The number of carbonyl (C=O) groups is 1. The number of aliphatic imine (C=N–C) groups is 1. The maximum atomic E-state index is 14.6. The monoisotopic (exact) mass is 408 g/mol. The number of carbonyl (C=O) groups excluding carboxylic acids is 1. The summed E-state index contributed by atoms with van der Waals surface area (Å²) in [5, 5.41) is 2.67. The number of allylic oxidation sites excluding steroid dienone is 3. The minimum Gasteiger partial charge on any atom is -0.369 e. The largest absolute Gasteiger partial charge is 0.369 e. The first-order valence-corrected chi connectivity index (χ1v) is 10.1. The van der Waals surface area contributed by atoms with E-state index >= 15 is 0 Å². The lowest BCUT2D eigenvalue weighted by Gasteiger charge is -2.40. The van der Waals surface area contributed by atoms with Crippen LogP contribution in [-0.4, -0.2) is 52.9 Å². The molecular formula is C17H21FN6O3S. The van der Waals surface area contributed by atoms with Crippen LogP contribution in [0.2, 0.25) is 0 Å². The number of nitrogens with one attached hydrogen (secondary N) is 1. The molecule has 0 fully saturated rings. The van der Waals surface area contributed by atoms with Gasteiger partial charge < -0.3 is 11.1 Å². The van der Waals surface area contributed by atoms with E-state index in [4.69, 9.17) is 5.73 Å². The first-order valence-electron chi connectivity index (χ1n) is 8.50. The summed E-state index contributed by atoms with van der Waals surface area (Å²) < 4.78 is 40.2. The van der Waals surface area contributed by atoms with Crippen molar-refractivity contribution >= 4 is 21.9 Å². The summed E-state index contributed by atoms with van der Waals surface area (Å²) in [5.74, 6) is -2.49. The SMILES string of the molecule is Cc1cnc(C(=O)NC2=CC=C(F)C([C@]3(C)CS(=O)(=O)N(C)C(N)=N3)C2)cn1. The minimum absolute atomic E-state index is 0.0554. The van der Waals surface area contributed by atoms with Gasteiger partial charge in [-0.05, 0) is 32.4 Å². The Hall–Kier alpha value is -2.82. The number of nitrogens with zero attached hydrogens (tertiary/aromatic N) is 4. The molecule has 11 heteroatoms. The highest BCUT2D eigenvalue weighted by Crippen LogP contribution is 2.39. The van der Waals surface area contributed by atoms with Crippen LogP contribution in [0.5, 0.6) is 0 Å². The second kappa shape index (κ2) is 6.97. The van der Waals surface area contributed by atoms with Crippen molar-refractivity contribution in [2.24, 2.45) is 16.6 Å². The Morgan fingerprint density at radius 1 is 1.36 bits per heavy atom. The molecule has 0 radical (unpaired) electrons. The van der Waals surface area contributed by atoms with E-state index in [2.05, 4.69) is 20.3 Å². The second-order valence-electron chi connectivity index (χ2n) is 7.05. The van der Waals surface area contributed by atoms with Crippen molar-refractivity contribution in [1.29, 1.82) is 0 Å². The number of aryl methyl sites for hydroxylation is 1. The van der Waals surface area contributed by atoms with Crippen LogP contribution >= 0.6 is 0 Å². The lowest BCUT2D eigenvalue weighted by molar-refractivity contribution is 0.0956. The summed E-state index contributed by atoms with van der Waals surface area (Å²) in [5.41, 5.74) is 5.65. The minimum atomic E-state index is -3.72. The Bertz CT molecular complexity index is 1000. The zero-order chi connectivity index (χ0) is 20.7. The molecule has 1 unspecified atom stereocenters. The first-order chi connectivity index (χ1) is 13.0. The van der Waals surface area contributed by atoms with Crippen LogP contribution in [0, 0.1) is 12.8 Å². The lowest BCUT2D eigenvalue weighted by atomic mass is 9.81. The summed E-state index contributed by atoms with van der Waals surface area (Å²) in [6.45, 7) is 3.29. The molecule has 2 aliphatic rings. The van der Waals surface area contributed by atoms with Gasteiger partial charge in [-0.2, -0.15) is 0 Å². The molecule has 2 atom stereocenters. The van der Waals surface area contributed by atoms with Crippen molar-refractivity contribution in [3.05, 3.63) is 47.5 Å². The molecule has 3 rings (SSSR count). The van der Waals surface area contributed by atoms with Crippen molar-refractivity contribution in [3.63, 3.8) is 0 Å². The van der Waals surface area contributed by atoms with E-state index in [1.807, 2.05) is 0 Å². The van der Waals surface area contributed by atoms with Crippen LogP contribution in [0.25, 0.3) is 0 Å². The number of hydrogen-bond donors (Lipinski definition) is 2. The van der Waals surface area contributed by atoms with Gasteiger partial charge in [0.15, 0.2) is 0 Å². The third-order valence-corrected chi connectivity index (χ3v) is 6.79. The second-order valence-corrected chi connectivity index (χ2v) is 9.05. The van der Waals surface area contributed by atoms with E-state index in [-0.39, 0.29) is 18.1 Å². The summed E-state index contributed by atoms with van der Waals surface area (Å²) in [6, 6.07) is 0. The average molecular weight is 408 g/mol. The van der Waals surface area contributed by atoms with Gasteiger partial charge in [0, 0.05) is 24.9 Å². The number of halogens is 1. The van der Waals surface area contributed by atoms with Crippen LogP contribution in [0.3, 0.4) is 0 Å². The van der Waals surface area contributed by atoms with E-state index in [0.29, 0.717) is 11.4 Å². The number of hydrogen-bond acceptors (Lipinski definition) is 7. The first kappa shape index (κ1) is 19.9. The normalized spacial score (nSPS) is 26.8. The molecule has 1 aromatic rings. The Morgan fingerprint density at radius 2 is 2.07 bits per heavy atom. The fraction of sp³-hybridized carbons (Fsp3) is 0.412. The Kier molecular flexibility index (Phi) is 4.96. The van der Waals surface area contributed by atoms with Gasteiger partial charge in [-0.3, -0.25) is 9.78 Å². The molecule has 1 amide bonds. The predicted octanol–water partition coefficient (Wildman–Crippen LogP) is 0.621. The zero-order valence-corrected chi connectivity index (χ0v) is 16.5. The van der Waals surface area contributed by atoms with Crippen LogP contribution < -0.4 is 11.1 Å². The highest BCUT2D eigenvalue weighted by Gasteiger charge is 2.46. The van der Waals surface area contributed by atoms with Crippen molar-refractivity contribution < 1.29 is 17.6 Å². The van der Waals surface area contributed by atoms with Crippen LogP contribution in [-0.2, 0) is 10.0 Å². The van der Waals surface area contributed by atoms with Gasteiger partial charge in [0.1, 0.15) is 11.5 Å². The molecule has 28 heavy (non-hydrogen) atoms. The predicted molar refractivity (Wildman–Crippen MR) is 101 cm³/mol. The van der Waals surface area contributed by atoms with Crippen molar-refractivity contribution in [3.8, 4) is 0 Å². The van der Waals surface area contributed by atoms with Gasteiger partial charge in [0.05, 0.1) is 23.2 Å². The third kappa shape index (κ3) is 3.75. The fourth-order valence-electron chi connectivity index (χ4n) is 3.16. The molecule has 150 valence electrons. The van der Waals surface area contributed by atoms with E-state index in [1.165, 1.54) is 31.6 Å². The van der Waals surface area contributed by atoms with Crippen LogP contribution in [0.4, 0.5) is 4.39 Å². The number of rotatable bonds is 3. The van der Waals surface area contributed by atoms with E-state index in [1.54, 1.807) is 13.8 Å². The summed E-state index contributed by atoms with van der Waals surface area (Å²) in [7, 11) is -2.42. The average Bonchev–Trinajstić information content (AvgIpc) is 2.61. The smallest absolute Gasteiger partial charge is 0.275 e. The molecule has 1 aromatic heterocycles. The molecule has 0 bridgehead atoms. The van der Waals surface area contributed by atoms with E-state index in [0.717, 1.165) is 4.31 Å². The van der Waals surface area contributed by atoms with Gasteiger partial charge in [0.2, 0.25) is 16.0 Å². The molecule has 1 aliphatic heterocycles. The number of nitrogens with two attached hydrogens (primary N) is 1. The topological polar surface area (TPSA) is 131 Å². The number of aromatic nitrogens is 2. The number of sulfonamides is 1. The molecule has 0 saturated heterocycles. The molecular weight excluding hydrogens is 387 g/mol. The number of amides is 1. The highest BCUT2D eigenvalue weighted by molar-refractivity contribution is 7.89. The maximum absolute atomic E-state index is 14.6. The zero-order valence-electron chi connectivity index (χ0n) is 15.7. The number of guanidine groups is 1. The quantitative estimate of drug-likeness (QED) is 0.754. The van der Waals surface area contributed by atoms with Crippen molar-refractivity contribution in [2.75, 3.05) is 12.8 Å². The fourth-order valence-corrected chi connectivity index (χ4v) is 4.69. The molecule has 0 spiro atoms. The summed E-state index contributed by atoms with van der Waals surface area (Å²) >= 11 is 0. The Morgan fingerprint density at radius 3 is 2.68 bits per heavy atom. The highest BCUT2D eigenvalue weighted by atomic mass is 32.2. The molecule has 0 saturated carbocycles. The van der Waals surface area contributed by atoms with E-state index < -0.39 is 39.0 Å². The summed E-state index contributed by atoms with van der Waals surface area (Å²) in [4.78, 5) is 24.6. The van der Waals surface area contributed by atoms with Gasteiger partial charge in [-0.1, -0.05) is 0 Å². The molecule has 3 N–H and O–H groups in total. The molecule has 1 aliphatic carbocycles. The van der Waals surface area contributed by atoms with Gasteiger partial charge in [0.25, 0.3) is 5.91 Å². The summed E-state index contributed by atoms with van der Waals surface area (Å²) in [6.07, 6.45) is 5.50. The molecule has 0 aromatic carbocycles. The third-order valence-electron chi connectivity index (χ3n) is 4.82. The van der Waals surface area contributed by atoms with Crippen molar-refractivity contribution in [2.45, 2.75) is 25.8 Å². The Labute approximate surface area is 162 Å². The van der Waals surface area contributed by atoms with Gasteiger partial charge in [-0.15, -0.1) is 0 Å². The molecule has 9 nitrogen and oxygen atoms in total. The maximum Gasteiger partial charge on any atom is 0.275 e. The van der Waals surface area contributed by atoms with Gasteiger partial charge in [-0.25, -0.2) is 27.1 Å². The van der Waals surface area contributed by atoms with Crippen LogP contribution in [0.15, 0.2) is 41.1 Å². The Balaban J connectivity index is 1.83. The standard InChI is InChI=1S/C17H21FN6O3S/c1-10-7-21-14(8-20-10)15(25)22-11-4-5-13(18)12(6-11)17(2)9-28(26,27)24(3)16(19)23-17/h4-5,7-8,12H,6,9H2,1-3H3,(H2,19,23)(H,22,25)/t12?,17-/m0/s1. The lowest BCUT2D eigenvalue weighted by Crippen LogP contribution is -2.54. The molecule has 2 heterocycles. The van der Waals surface area contributed by atoms with Crippen LogP contribution in [0.1, 0.15) is 29.5 Å². The van der Waals surface area contributed by atoms with Gasteiger partial charge >= 0.3 is 0 Å². The van der Waals surface area contributed by atoms with Crippen molar-refractivity contribution in [1.82, 2.24) is 19.6 Å². The van der Waals surface area contributed by atoms with E-state index in [9.17, 15) is 17.6 Å².